The lowest BCUT2D eigenvalue weighted by Gasteiger charge is -2.24. The fourth-order valence-electron chi connectivity index (χ4n) is 4.90. The van der Waals surface area contributed by atoms with Crippen LogP contribution in [-0.2, 0) is 24.4 Å². The zero-order valence-electron chi connectivity index (χ0n) is 26.8. The number of hydrogen-bond donors (Lipinski definition) is 5. The number of carbonyl (C=O) groups excluding carboxylic acids is 3. The van der Waals surface area contributed by atoms with E-state index in [0.717, 1.165) is 0 Å². The lowest BCUT2D eigenvalue weighted by atomic mass is 9.92. The molecule has 252 valence electrons. The smallest absolute Gasteiger partial charge is 0.333 e. The van der Waals surface area contributed by atoms with Gasteiger partial charge >= 0.3 is 12.0 Å². The fraction of sp³-hybridized carbons (Fsp3) is 0.333. The molecule has 2 unspecified atom stereocenters. The first kappa shape index (κ1) is 36.4. The summed E-state index contributed by atoms with van der Waals surface area (Å²) in [6.45, 7) is 5.44. The summed E-state index contributed by atoms with van der Waals surface area (Å²) in [5.41, 5.74) is 1.64. The minimum absolute atomic E-state index is 0.0176. The van der Waals surface area contributed by atoms with Crippen LogP contribution in [0, 0.1) is 18.8 Å². The SMILES string of the molecule is COc1ccc(C(CC(=O)O)NC(=O)C(CC(=O)Nc2ccc(NC(=O)NS(=O)(=O)c3ccccc3C)cc2)CC(C)C)cc1OC. The Morgan fingerprint density at radius 3 is 2.02 bits per heavy atom. The highest BCUT2D eigenvalue weighted by atomic mass is 32.2. The predicted octanol–water partition coefficient (Wildman–Crippen LogP) is 4.85. The number of sulfonamides is 1. The number of hydrogen-bond acceptors (Lipinski definition) is 8. The highest BCUT2D eigenvalue weighted by molar-refractivity contribution is 7.90. The van der Waals surface area contributed by atoms with Gasteiger partial charge in [-0.25, -0.2) is 17.9 Å². The maximum absolute atomic E-state index is 13.4. The second kappa shape index (κ2) is 16.5. The third-order valence-electron chi connectivity index (χ3n) is 7.10. The number of anilines is 2. The standard InChI is InChI=1S/C33H40N4O9S/c1-20(2)16-23(32(41)36-26(19-31(39)40)22-10-15-27(45-4)28(17-22)46-5)18-30(38)34-24-11-13-25(14-12-24)35-33(42)37-47(43,44)29-9-7-6-8-21(29)3/h6-15,17,20,23,26H,16,18-19H2,1-5H3,(H,34,38)(H,36,41)(H,39,40)(H2,35,37,42). The number of carboxylic acids is 1. The van der Waals surface area contributed by atoms with Crippen LogP contribution >= 0.6 is 0 Å². The summed E-state index contributed by atoms with van der Waals surface area (Å²) in [7, 11) is -1.16. The lowest BCUT2D eigenvalue weighted by Crippen LogP contribution is -2.37. The number of urea groups is 1. The Labute approximate surface area is 274 Å². The van der Waals surface area contributed by atoms with Crippen molar-refractivity contribution in [2.45, 2.75) is 51.0 Å². The molecule has 14 heteroatoms. The largest absolute Gasteiger partial charge is 0.493 e. The van der Waals surface area contributed by atoms with Crippen LogP contribution < -0.4 is 30.1 Å². The van der Waals surface area contributed by atoms with Crippen LogP contribution in [0.4, 0.5) is 16.2 Å². The highest BCUT2D eigenvalue weighted by Gasteiger charge is 2.27. The van der Waals surface area contributed by atoms with E-state index in [0.29, 0.717) is 34.7 Å². The number of benzene rings is 3. The number of rotatable bonds is 15. The molecule has 3 rings (SSSR count). The topological polar surface area (TPSA) is 189 Å². The number of aryl methyl sites for hydroxylation is 1. The van der Waals surface area contributed by atoms with Crippen LogP contribution in [0.15, 0.2) is 71.6 Å². The van der Waals surface area contributed by atoms with Gasteiger partial charge in [-0.1, -0.05) is 38.1 Å². The van der Waals surface area contributed by atoms with Gasteiger partial charge in [0, 0.05) is 23.7 Å². The number of ether oxygens (including phenoxy) is 2. The van der Waals surface area contributed by atoms with Crippen molar-refractivity contribution >= 4 is 45.2 Å². The molecule has 0 aliphatic carbocycles. The normalized spacial score (nSPS) is 12.4. The van der Waals surface area contributed by atoms with Gasteiger partial charge in [0.1, 0.15) is 0 Å². The van der Waals surface area contributed by atoms with Gasteiger partial charge in [0.25, 0.3) is 10.0 Å². The van der Waals surface area contributed by atoms with Gasteiger partial charge in [0.15, 0.2) is 11.5 Å². The first-order valence-electron chi connectivity index (χ1n) is 14.8. The molecular weight excluding hydrogens is 628 g/mol. The summed E-state index contributed by atoms with van der Waals surface area (Å²) >= 11 is 0. The van der Waals surface area contributed by atoms with Gasteiger partial charge < -0.3 is 30.5 Å². The van der Waals surface area contributed by atoms with Crippen molar-refractivity contribution in [3.63, 3.8) is 0 Å². The minimum atomic E-state index is -4.09. The van der Waals surface area contributed by atoms with E-state index in [4.69, 9.17) is 9.47 Å². The molecule has 2 atom stereocenters. The first-order valence-corrected chi connectivity index (χ1v) is 16.2. The van der Waals surface area contributed by atoms with E-state index < -0.39 is 52.2 Å². The van der Waals surface area contributed by atoms with Crippen molar-refractivity contribution in [2.75, 3.05) is 24.9 Å². The first-order chi connectivity index (χ1) is 22.2. The maximum Gasteiger partial charge on any atom is 0.333 e. The molecule has 0 saturated heterocycles. The van der Waals surface area contributed by atoms with E-state index in [2.05, 4.69) is 16.0 Å². The van der Waals surface area contributed by atoms with Crippen LogP contribution in [0.25, 0.3) is 0 Å². The molecule has 47 heavy (non-hydrogen) atoms. The monoisotopic (exact) mass is 668 g/mol. The van der Waals surface area contributed by atoms with E-state index in [9.17, 15) is 32.7 Å². The fourth-order valence-corrected chi connectivity index (χ4v) is 6.06. The van der Waals surface area contributed by atoms with Crippen molar-refractivity contribution in [3.8, 4) is 11.5 Å². The quantitative estimate of drug-likeness (QED) is 0.151. The Kier molecular flexibility index (Phi) is 12.7. The Hall–Kier alpha value is -5.11. The van der Waals surface area contributed by atoms with Crippen molar-refractivity contribution < 1.29 is 42.2 Å². The highest BCUT2D eigenvalue weighted by Crippen LogP contribution is 2.31. The van der Waals surface area contributed by atoms with Crippen LogP contribution in [0.5, 0.6) is 11.5 Å². The number of nitrogens with one attached hydrogen (secondary N) is 4. The number of amides is 4. The molecule has 3 aromatic carbocycles. The number of aliphatic carboxylic acids is 1. The number of methoxy groups -OCH3 is 2. The molecule has 0 spiro atoms. The molecule has 0 aliphatic heterocycles. The van der Waals surface area contributed by atoms with Crippen molar-refractivity contribution in [3.05, 3.63) is 77.9 Å². The number of carboxylic acid groups (broad SMARTS) is 1. The molecule has 0 bridgehead atoms. The Bertz CT molecular complexity index is 1690. The van der Waals surface area contributed by atoms with Gasteiger partial charge in [-0.15, -0.1) is 0 Å². The molecule has 0 saturated carbocycles. The van der Waals surface area contributed by atoms with E-state index in [1.54, 1.807) is 43.3 Å². The van der Waals surface area contributed by atoms with E-state index >= 15 is 0 Å². The zero-order chi connectivity index (χ0) is 34.7. The Morgan fingerprint density at radius 1 is 0.830 bits per heavy atom. The van der Waals surface area contributed by atoms with Crippen LogP contribution in [0.3, 0.4) is 0 Å². The molecular formula is C33H40N4O9S. The average molecular weight is 669 g/mol. The molecule has 4 amide bonds. The third kappa shape index (κ3) is 10.7. The molecule has 3 aromatic rings. The molecule has 5 N–H and O–H groups in total. The van der Waals surface area contributed by atoms with Crippen LogP contribution in [-0.4, -0.2) is 51.6 Å². The van der Waals surface area contributed by atoms with Crippen molar-refractivity contribution in [1.82, 2.24) is 10.0 Å². The molecule has 0 aromatic heterocycles. The summed E-state index contributed by atoms with van der Waals surface area (Å²) in [5, 5.41) is 17.5. The second-order valence-electron chi connectivity index (χ2n) is 11.3. The summed E-state index contributed by atoms with van der Waals surface area (Å²) in [4.78, 5) is 50.5. The Morgan fingerprint density at radius 2 is 1.45 bits per heavy atom. The van der Waals surface area contributed by atoms with Gasteiger partial charge in [0.05, 0.1) is 31.6 Å². The predicted molar refractivity (Wildman–Crippen MR) is 176 cm³/mol. The molecule has 0 radical (unpaired) electrons. The van der Waals surface area contributed by atoms with E-state index in [-0.39, 0.29) is 22.9 Å². The molecule has 13 nitrogen and oxygen atoms in total. The summed E-state index contributed by atoms with van der Waals surface area (Å²) < 4.78 is 37.7. The minimum Gasteiger partial charge on any atom is -0.493 e. The zero-order valence-corrected chi connectivity index (χ0v) is 27.6. The molecule has 0 fully saturated rings. The number of carbonyl (C=O) groups is 4. The maximum atomic E-state index is 13.4. The summed E-state index contributed by atoms with van der Waals surface area (Å²) in [6.07, 6.45) is -0.193. The second-order valence-corrected chi connectivity index (χ2v) is 12.9. The van der Waals surface area contributed by atoms with E-state index in [1.165, 1.54) is 44.6 Å². The van der Waals surface area contributed by atoms with Crippen LogP contribution in [0.2, 0.25) is 0 Å². The van der Waals surface area contributed by atoms with Crippen molar-refractivity contribution in [2.24, 2.45) is 11.8 Å². The van der Waals surface area contributed by atoms with Gasteiger partial charge in [-0.2, -0.15) is 0 Å². The van der Waals surface area contributed by atoms with Gasteiger partial charge in [-0.05, 0) is 72.9 Å². The average Bonchev–Trinajstić information content (AvgIpc) is 3.00. The summed E-state index contributed by atoms with van der Waals surface area (Å²) in [5.74, 6) is -1.91. The molecule has 0 aliphatic rings. The van der Waals surface area contributed by atoms with Crippen LogP contribution in [0.1, 0.15) is 50.3 Å². The van der Waals surface area contributed by atoms with Crippen molar-refractivity contribution in [1.29, 1.82) is 0 Å². The third-order valence-corrected chi connectivity index (χ3v) is 8.59. The Balaban J connectivity index is 1.65. The molecule has 0 heterocycles. The van der Waals surface area contributed by atoms with E-state index in [1.807, 2.05) is 18.6 Å². The van der Waals surface area contributed by atoms with Gasteiger partial charge in [0.2, 0.25) is 11.8 Å². The lowest BCUT2D eigenvalue weighted by molar-refractivity contribution is -0.138. The van der Waals surface area contributed by atoms with Gasteiger partial charge in [-0.3, -0.25) is 14.4 Å². The summed E-state index contributed by atoms with van der Waals surface area (Å²) in [6, 6.07) is 15.3.